The van der Waals surface area contributed by atoms with Crippen molar-refractivity contribution in [3.63, 3.8) is 0 Å². The Morgan fingerprint density at radius 3 is 2.53 bits per heavy atom. The minimum absolute atomic E-state index is 0.0425. The first-order chi connectivity index (χ1) is 8.07. The Morgan fingerprint density at radius 2 is 2.00 bits per heavy atom. The third kappa shape index (κ3) is 3.20. The van der Waals surface area contributed by atoms with Crippen LogP contribution >= 0.6 is 0 Å². The first kappa shape index (κ1) is 14.0. The molecular formula is C14H24N2O. The molecule has 96 valence electrons. The summed E-state index contributed by atoms with van der Waals surface area (Å²) in [5, 5.41) is 0. The molecule has 3 nitrogen and oxygen atoms in total. The predicted molar refractivity (Wildman–Crippen MR) is 72.2 cm³/mol. The van der Waals surface area contributed by atoms with Crippen molar-refractivity contribution in [1.82, 2.24) is 4.90 Å². The van der Waals surface area contributed by atoms with Gasteiger partial charge >= 0.3 is 0 Å². The fraction of sp³-hybridized carbons (Fsp3) is 0.571. The fourth-order valence-corrected chi connectivity index (χ4v) is 1.85. The minimum Gasteiger partial charge on any atom is -0.496 e. The lowest BCUT2D eigenvalue weighted by Gasteiger charge is -2.37. The summed E-state index contributed by atoms with van der Waals surface area (Å²) in [5.74, 6) is 0.940. The molecule has 17 heavy (non-hydrogen) atoms. The molecule has 0 heterocycles. The van der Waals surface area contributed by atoms with Gasteiger partial charge in [-0.05, 0) is 26.5 Å². The molecule has 1 unspecified atom stereocenters. The number of likely N-dealkylation sites (N-methyl/N-ethyl adjacent to an activating group) is 1. The minimum atomic E-state index is 0.0425. The van der Waals surface area contributed by atoms with Crippen LogP contribution in [0.25, 0.3) is 0 Å². The van der Waals surface area contributed by atoms with E-state index in [4.69, 9.17) is 10.5 Å². The van der Waals surface area contributed by atoms with E-state index in [1.807, 2.05) is 18.2 Å². The van der Waals surface area contributed by atoms with Gasteiger partial charge in [-0.1, -0.05) is 25.1 Å². The van der Waals surface area contributed by atoms with Gasteiger partial charge in [-0.15, -0.1) is 0 Å². The summed E-state index contributed by atoms with van der Waals surface area (Å²) in [5.41, 5.74) is 7.11. The largest absolute Gasteiger partial charge is 0.496 e. The third-order valence-electron chi connectivity index (χ3n) is 3.72. The van der Waals surface area contributed by atoms with Crippen LogP contribution < -0.4 is 10.5 Å². The van der Waals surface area contributed by atoms with E-state index >= 15 is 0 Å². The highest BCUT2D eigenvalue weighted by Crippen LogP contribution is 2.23. The molecule has 1 aromatic rings. The summed E-state index contributed by atoms with van der Waals surface area (Å²) in [6, 6.07) is 8.12. The normalized spacial score (nSPS) is 14.7. The molecule has 2 N–H and O–H groups in total. The summed E-state index contributed by atoms with van der Waals surface area (Å²) < 4.78 is 5.37. The SMILES string of the molecule is CCC(C)(CN)N(C)Cc1ccccc1OC. The highest BCUT2D eigenvalue weighted by atomic mass is 16.5. The number of hydrogen-bond acceptors (Lipinski definition) is 3. The van der Waals surface area contributed by atoms with Crippen LogP contribution in [0.1, 0.15) is 25.8 Å². The number of nitrogens with zero attached hydrogens (tertiary/aromatic N) is 1. The van der Waals surface area contributed by atoms with Gasteiger partial charge < -0.3 is 10.5 Å². The number of methoxy groups -OCH3 is 1. The van der Waals surface area contributed by atoms with Crippen molar-refractivity contribution < 1.29 is 4.74 Å². The van der Waals surface area contributed by atoms with E-state index in [0.29, 0.717) is 6.54 Å². The Morgan fingerprint density at radius 1 is 1.35 bits per heavy atom. The number of benzene rings is 1. The highest BCUT2D eigenvalue weighted by Gasteiger charge is 2.25. The van der Waals surface area contributed by atoms with Gasteiger partial charge in [0.2, 0.25) is 0 Å². The molecule has 0 bridgehead atoms. The maximum atomic E-state index is 5.87. The summed E-state index contributed by atoms with van der Waals surface area (Å²) in [6.07, 6.45) is 1.04. The molecule has 0 aliphatic rings. The van der Waals surface area contributed by atoms with E-state index in [1.165, 1.54) is 5.56 Å². The van der Waals surface area contributed by atoms with Crippen LogP contribution in [0.4, 0.5) is 0 Å². The average molecular weight is 236 g/mol. The lowest BCUT2D eigenvalue weighted by atomic mass is 9.96. The molecule has 0 radical (unpaired) electrons. The maximum Gasteiger partial charge on any atom is 0.123 e. The smallest absolute Gasteiger partial charge is 0.123 e. The lowest BCUT2D eigenvalue weighted by Crippen LogP contribution is -2.48. The summed E-state index contributed by atoms with van der Waals surface area (Å²) in [7, 11) is 3.82. The number of nitrogens with two attached hydrogens (primary N) is 1. The zero-order valence-corrected chi connectivity index (χ0v) is 11.4. The zero-order valence-electron chi connectivity index (χ0n) is 11.4. The summed E-state index contributed by atoms with van der Waals surface area (Å²) >= 11 is 0. The van der Waals surface area contributed by atoms with Crippen LogP contribution in [-0.2, 0) is 6.54 Å². The van der Waals surface area contributed by atoms with Crippen LogP contribution in [0, 0.1) is 0 Å². The molecule has 0 spiro atoms. The van der Waals surface area contributed by atoms with Gasteiger partial charge in [0.15, 0.2) is 0 Å². The molecule has 0 saturated carbocycles. The van der Waals surface area contributed by atoms with Gasteiger partial charge in [-0.3, -0.25) is 4.90 Å². The second-order valence-electron chi connectivity index (χ2n) is 4.72. The fourth-order valence-electron chi connectivity index (χ4n) is 1.85. The number of rotatable bonds is 6. The number of ether oxygens (including phenoxy) is 1. The first-order valence-corrected chi connectivity index (χ1v) is 6.10. The zero-order chi connectivity index (χ0) is 12.9. The van der Waals surface area contributed by atoms with Crippen molar-refractivity contribution in [1.29, 1.82) is 0 Å². The van der Waals surface area contributed by atoms with Crippen LogP contribution in [0.3, 0.4) is 0 Å². The van der Waals surface area contributed by atoms with E-state index in [0.717, 1.165) is 18.7 Å². The summed E-state index contributed by atoms with van der Waals surface area (Å²) in [4.78, 5) is 2.30. The third-order valence-corrected chi connectivity index (χ3v) is 3.72. The molecule has 1 aromatic carbocycles. The van der Waals surface area contributed by atoms with E-state index in [9.17, 15) is 0 Å². The molecule has 3 heteroatoms. The van der Waals surface area contributed by atoms with Gasteiger partial charge in [0.25, 0.3) is 0 Å². The standard InChI is InChI=1S/C14H24N2O/c1-5-14(2,11-15)16(3)10-12-8-6-7-9-13(12)17-4/h6-9H,5,10-11,15H2,1-4H3. The Bertz CT molecular complexity index is 348. The van der Waals surface area contributed by atoms with E-state index in [-0.39, 0.29) is 5.54 Å². The van der Waals surface area contributed by atoms with Crippen molar-refractivity contribution >= 4 is 0 Å². The predicted octanol–water partition coefficient (Wildman–Crippen LogP) is 2.25. The average Bonchev–Trinajstić information content (AvgIpc) is 2.38. The monoisotopic (exact) mass is 236 g/mol. The molecule has 0 aliphatic heterocycles. The van der Waals surface area contributed by atoms with Crippen LogP contribution in [0.2, 0.25) is 0 Å². The maximum absolute atomic E-state index is 5.87. The lowest BCUT2D eigenvalue weighted by molar-refractivity contribution is 0.130. The van der Waals surface area contributed by atoms with Crippen molar-refractivity contribution in [2.45, 2.75) is 32.4 Å². The van der Waals surface area contributed by atoms with Crippen molar-refractivity contribution in [2.24, 2.45) is 5.73 Å². The molecule has 0 fully saturated rings. The second kappa shape index (κ2) is 6.03. The quantitative estimate of drug-likeness (QED) is 0.823. The van der Waals surface area contributed by atoms with Crippen molar-refractivity contribution in [3.05, 3.63) is 29.8 Å². The van der Waals surface area contributed by atoms with Crippen LogP contribution in [0.15, 0.2) is 24.3 Å². The molecule has 1 rings (SSSR count). The second-order valence-corrected chi connectivity index (χ2v) is 4.72. The molecule has 0 amide bonds. The van der Waals surface area contributed by atoms with Gasteiger partial charge in [0.05, 0.1) is 7.11 Å². The summed E-state index contributed by atoms with van der Waals surface area (Å²) in [6.45, 7) is 5.88. The van der Waals surface area contributed by atoms with Crippen molar-refractivity contribution in [3.8, 4) is 5.75 Å². The highest BCUT2D eigenvalue weighted by molar-refractivity contribution is 5.33. The Hall–Kier alpha value is -1.06. The first-order valence-electron chi connectivity index (χ1n) is 6.10. The molecule has 0 aromatic heterocycles. The topological polar surface area (TPSA) is 38.5 Å². The molecular weight excluding hydrogens is 212 g/mol. The Kier molecular flexibility index (Phi) is 4.97. The van der Waals surface area contributed by atoms with Crippen molar-refractivity contribution in [2.75, 3.05) is 20.7 Å². The number of hydrogen-bond donors (Lipinski definition) is 1. The van der Waals surface area contributed by atoms with Gasteiger partial charge in [0, 0.05) is 24.2 Å². The molecule has 0 aliphatic carbocycles. The van der Waals surface area contributed by atoms with E-state index in [1.54, 1.807) is 7.11 Å². The van der Waals surface area contributed by atoms with Gasteiger partial charge in [0.1, 0.15) is 5.75 Å². The van der Waals surface area contributed by atoms with E-state index < -0.39 is 0 Å². The van der Waals surface area contributed by atoms with Gasteiger partial charge in [-0.2, -0.15) is 0 Å². The van der Waals surface area contributed by atoms with Crippen LogP contribution in [0.5, 0.6) is 5.75 Å². The molecule has 1 atom stereocenters. The molecule has 0 saturated heterocycles. The van der Waals surface area contributed by atoms with Gasteiger partial charge in [-0.25, -0.2) is 0 Å². The Labute approximate surface area is 105 Å². The Balaban J connectivity index is 2.83. The van der Waals surface area contributed by atoms with Crippen LogP contribution in [-0.4, -0.2) is 31.1 Å². The number of para-hydroxylation sites is 1. The van der Waals surface area contributed by atoms with E-state index in [2.05, 4.69) is 31.9 Å².